The molecular formula is C11H9FN6S. The minimum atomic E-state index is -0.351. The van der Waals surface area contributed by atoms with Crippen molar-refractivity contribution in [2.24, 2.45) is 5.10 Å². The van der Waals surface area contributed by atoms with Gasteiger partial charge in [-0.15, -0.1) is 5.10 Å². The third kappa shape index (κ3) is 3.79. The van der Waals surface area contributed by atoms with Crippen molar-refractivity contribution in [1.29, 1.82) is 5.26 Å². The Labute approximate surface area is 112 Å². The third-order valence-electron chi connectivity index (χ3n) is 2.01. The van der Waals surface area contributed by atoms with Crippen molar-refractivity contribution in [3.05, 3.63) is 35.6 Å². The number of nitrogens with one attached hydrogen (secondary N) is 2. The molecule has 2 rings (SSSR count). The Hall–Kier alpha value is -2.40. The number of nitriles is 1. The summed E-state index contributed by atoms with van der Waals surface area (Å²) >= 11 is 1.21. The van der Waals surface area contributed by atoms with Crippen LogP contribution in [0.5, 0.6) is 0 Å². The van der Waals surface area contributed by atoms with Gasteiger partial charge in [-0.25, -0.2) is 14.9 Å². The number of aromatic amines is 1. The number of hydrazone groups is 1. The Morgan fingerprint density at radius 3 is 3.16 bits per heavy atom. The van der Waals surface area contributed by atoms with E-state index in [0.29, 0.717) is 16.7 Å². The summed E-state index contributed by atoms with van der Waals surface area (Å²) in [4.78, 5) is 4.03. The van der Waals surface area contributed by atoms with Gasteiger partial charge in [0.1, 0.15) is 5.82 Å². The topological polar surface area (TPSA) is 89.8 Å². The maximum Gasteiger partial charge on any atom is 0.240 e. The lowest BCUT2D eigenvalue weighted by Gasteiger charge is -1.95. The maximum atomic E-state index is 13.3. The summed E-state index contributed by atoms with van der Waals surface area (Å²) in [6, 6.07) is 8.26. The number of hydrogen-bond donors (Lipinski definition) is 2. The SMILES string of the molecule is N#CCSc1n[nH]c(N/N=C\c2ccccc2F)n1. The van der Waals surface area contributed by atoms with E-state index in [4.69, 9.17) is 5.26 Å². The lowest BCUT2D eigenvalue weighted by atomic mass is 10.2. The monoisotopic (exact) mass is 276 g/mol. The van der Waals surface area contributed by atoms with Crippen LogP contribution in [0.2, 0.25) is 0 Å². The zero-order chi connectivity index (χ0) is 13.5. The Balaban J connectivity index is 1.94. The number of benzene rings is 1. The van der Waals surface area contributed by atoms with Gasteiger partial charge >= 0.3 is 0 Å². The van der Waals surface area contributed by atoms with E-state index < -0.39 is 0 Å². The van der Waals surface area contributed by atoms with Gasteiger partial charge in [-0.2, -0.15) is 15.3 Å². The highest BCUT2D eigenvalue weighted by atomic mass is 32.2. The lowest BCUT2D eigenvalue weighted by Crippen LogP contribution is -1.94. The van der Waals surface area contributed by atoms with Crippen LogP contribution in [0.3, 0.4) is 0 Å². The van der Waals surface area contributed by atoms with Crippen molar-refractivity contribution in [3.63, 3.8) is 0 Å². The molecule has 0 aliphatic carbocycles. The van der Waals surface area contributed by atoms with E-state index >= 15 is 0 Å². The molecule has 8 heteroatoms. The molecule has 0 aliphatic rings. The van der Waals surface area contributed by atoms with Crippen LogP contribution in [0.15, 0.2) is 34.5 Å². The van der Waals surface area contributed by atoms with E-state index in [1.807, 2.05) is 6.07 Å². The number of hydrogen-bond acceptors (Lipinski definition) is 6. The number of aromatic nitrogens is 3. The van der Waals surface area contributed by atoms with Gasteiger partial charge in [0.15, 0.2) is 0 Å². The first-order valence-electron chi connectivity index (χ1n) is 5.25. The van der Waals surface area contributed by atoms with Crippen LogP contribution in [-0.4, -0.2) is 27.1 Å². The fourth-order valence-electron chi connectivity index (χ4n) is 1.20. The van der Waals surface area contributed by atoms with Crippen molar-refractivity contribution < 1.29 is 4.39 Å². The first-order chi connectivity index (χ1) is 9.29. The second kappa shape index (κ2) is 6.51. The summed E-state index contributed by atoms with van der Waals surface area (Å²) in [6.45, 7) is 0. The molecule has 96 valence electrons. The molecule has 0 atom stereocenters. The first-order valence-corrected chi connectivity index (χ1v) is 6.24. The number of nitrogens with zero attached hydrogens (tertiary/aromatic N) is 4. The number of rotatable bonds is 5. The molecule has 2 N–H and O–H groups in total. The molecule has 2 aromatic rings. The number of thioether (sulfide) groups is 1. The van der Waals surface area contributed by atoms with Gasteiger partial charge in [-0.3, -0.25) is 0 Å². The molecule has 0 unspecified atom stereocenters. The van der Waals surface area contributed by atoms with E-state index in [0.717, 1.165) is 0 Å². The normalized spacial score (nSPS) is 10.5. The van der Waals surface area contributed by atoms with Crippen LogP contribution in [-0.2, 0) is 0 Å². The fourth-order valence-corrected chi connectivity index (χ4v) is 1.66. The van der Waals surface area contributed by atoms with Crippen molar-refractivity contribution in [3.8, 4) is 6.07 Å². The van der Waals surface area contributed by atoms with E-state index in [9.17, 15) is 4.39 Å². The summed E-state index contributed by atoms with van der Waals surface area (Å²) in [5.41, 5.74) is 2.96. The summed E-state index contributed by atoms with van der Waals surface area (Å²) in [5, 5.41) is 19.2. The van der Waals surface area contributed by atoms with Crippen LogP contribution in [0, 0.1) is 17.1 Å². The lowest BCUT2D eigenvalue weighted by molar-refractivity contribution is 0.626. The molecule has 19 heavy (non-hydrogen) atoms. The average molecular weight is 276 g/mol. The van der Waals surface area contributed by atoms with Gasteiger partial charge in [0, 0.05) is 5.56 Å². The molecule has 1 heterocycles. The van der Waals surface area contributed by atoms with Gasteiger partial charge in [-0.1, -0.05) is 30.0 Å². The van der Waals surface area contributed by atoms with Gasteiger partial charge in [0.05, 0.1) is 18.0 Å². The highest BCUT2D eigenvalue weighted by Crippen LogP contribution is 2.12. The molecule has 1 aromatic carbocycles. The van der Waals surface area contributed by atoms with E-state index in [1.54, 1.807) is 18.2 Å². The Morgan fingerprint density at radius 2 is 2.37 bits per heavy atom. The quantitative estimate of drug-likeness (QED) is 0.495. The van der Waals surface area contributed by atoms with Gasteiger partial charge in [-0.05, 0) is 6.07 Å². The maximum absolute atomic E-state index is 13.3. The molecule has 6 nitrogen and oxygen atoms in total. The summed E-state index contributed by atoms with van der Waals surface area (Å²) < 4.78 is 13.3. The molecule has 0 amide bonds. The third-order valence-corrected chi connectivity index (χ3v) is 2.72. The number of H-pyrrole nitrogens is 1. The van der Waals surface area contributed by atoms with E-state index in [2.05, 4.69) is 25.7 Å². The molecule has 0 saturated heterocycles. The first kappa shape index (κ1) is 13.0. The number of anilines is 1. The second-order valence-corrected chi connectivity index (χ2v) is 4.25. The van der Waals surface area contributed by atoms with Crippen molar-refractivity contribution >= 4 is 23.9 Å². The van der Waals surface area contributed by atoms with Gasteiger partial charge in [0.25, 0.3) is 0 Å². The minimum absolute atomic E-state index is 0.274. The minimum Gasteiger partial charge on any atom is -0.246 e. The van der Waals surface area contributed by atoms with Crippen LogP contribution in [0.4, 0.5) is 10.3 Å². The molecule has 0 radical (unpaired) electrons. The van der Waals surface area contributed by atoms with E-state index in [-0.39, 0.29) is 11.6 Å². The molecular weight excluding hydrogens is 267 g/mol. The zero-order valence-electron chi connectivity index (χ0n) is 9.67. The Bertz CT molecular complexity index is 618. The molecule has 0 fully saturated rings. The van der Waals surface area contributed by atoms with E-state index in [1.165, 1.54) is 24.0 Å². The highest BCUT2D eigenvalue weighted by molar-refractivity contribution is 7.99. The Kier molecular flexibility index (Phi) is 4.47. The fraction of sp³-hybridized carbons (Fsp3) is 0.0909. The second-order valence-electron chi connectivity index (χ2n) is 3.30. The zero-order valence-corrected chi connectivity index (χ0v) is 10.5. The molecule has 0 saturated carbocycles. The molecule has 0 spiro atoms. The average Bonchev–Trinajstić information content (AvgIpc) is 2.86. The van der Waals surface area contributed by atoms with Gasteiger partial charge in [0.2, 0.25) is 11.1 Å². The predicted octanol–water partition coefficient (Wildman–Crippen LogP) is 2.01. The van der Waals surface area contributed by atoms with Crippen LogP contribution in [0.1, 0.15) is 5.56 Å². The molecule has 0 aliphatic heterocycles. The summed E-state index contributed by atoms with van der Waals surface area (Å²) in [5.74, 6) is 0.249. The standard InChI is InChI=1S/C11H9FN6S/c12-9-4-2-1-3-8(9)7-14-16-10-15-11(18-17-10)19-6-5-13/h1-4,7H,6H2,(H2,15,16,17,18)/b14-7-. The Morgan fingerprint density at radius 1 is 1.53 bits per heavy atom. The number of halogens is 1. The van der Waals surface area contributed by atoms with Crippen LogP contribution < -0.4 is 5.43 Å². The summed E-state index contributed by atoms with van der Waals surface area (Å²) in [7, 11) is 0. The van der Waals surface area contributed by atoms with Crippen molar-refractivity contribution in [2.75, 3.05) is 11.2 Å². The molecule has 1 aromatic heterocycles. The van der Waals surface area contributed by atoms with Crippen LogP contribution in [0.25, 0.3) is 0 Å². The predicted molar refractivity (Wildman–Crippen MR) is 70.3 cm³/mol. The van der Waals surface area contributed by atoms with Crippen molar-refractivity contribution in [2.45, 2.75) is 5.16 Å². The largest absolute Gasteiger partial charge is 0.246 e. The van der Waals surface area contributed by atoms with Gasteiger partial charge < -0.3 is 0 Å². The van der Waals surface area contributed by atoms with Crippen molar-refractivity contribution in [1.82, 2.24) is 15.2 Å². The smallest absolute Gasteiger partial charge is 0.240 e. The highest BCUT2D eigenvalue weighted by Gasteiger charge is 2.02. The molecule has 0 bridgehead atoms. The van der Waals surface area contributed by atoms with Crippen LogP contribution >= 0.6 is 11.8 Å². The summed E-state index contributed by atoms with van der Waals surface area (Å²) in [6.07, 6.45) is 1.35.